The standard InChI is InChI=1S/C14H25N5/c1-3-11(2)19-14-8-13(17-10-18-14)16-7-5-12-4-6-15-9-12/h8,10-12,15H,3-7,9H2,1-2H3,(H2,16,17,18,19). The molecule has 3 N–H and O–H groups in total. The maximum Gasteiger partial charge on any atom is 0.131 e. The van der Waals surface area contributed by atoms with Crippen LogP contribution in [0.5, 0.6) is 0 Å². The summed E-state index contributed by atoms with van der Waals surface area (Å²) in [6.07, 6.45) is 5.20. The fourth-order valence-electron chi connectivity index (χ4n) is 2.25. The van der Waals surface area contributed by atoms with Crippen LogP contribution in [-0.2, 0) is 0 Å². The first-order valence-electron chi connectivity index (χ1n) is 7.31. The van der Waals surface area contributed by atoms with Gasteiger partial charge in [-0.05, 0) is 45.2 Å². The summed E-state index contributed by atoms with van der Waals surface area (Å²) in [5, 5.41) is 10.1. The molecular weight excluding hydrogens is 238 g/mol. The molecule has 1 aromatic rings. The predicted octanol–water partition coefficient (Wildman–Crippen LogP) is 2.10. The van der Waals surface area contributed by atoms with Gasteiger partial charge in [0.2, 0.25) is 0 Å². The number of aromatic nitrogens is 2. The van der Waals surface area contributed by atoms with Gasteiger partial charge in [-0.3, -0.25) is 0 Å². The van der Waals surface area contributed by atoms with Crippen LogP contribution in [0.1, 0.15) is 33.1 Å². The maximum atomic E-state index is 4.26. The second kappa shape index (κ2) is 7.28. The Hall–Kier alpha value is -1.36. The van der Waals surface area contributed by atoms with Gasteiger partial charge in [0.15, 0.2) is 0 Å². The Morgan fingerprint density at radius 3 is 3.00 bits per heavy atom. The van der Waals surface area contributed by atoms with E-state index in [0.717, 1.165) is 37.1 Å². The van der Waals surface area contributed by atoms with Crippen LogP contribution in [0.25, 0.3) is 0 Å². The lowest BCUT2D eigenvalue weighted by Gasteiger charge is -2.13. The minimum Gasteiger partial charge on any atom is -0.370 e. The molecule has 2 heterocycles. The molecule has 2 atom stereocenters. The van der Waals surface area contributed by atoms with Crippen LogP contribution in [0.4, 0.5) is 11.6 Å². The van der Waals surface area contributed by atoms with Crippen LogP contribution >= 0.6 is 0 Å². The van der Waals surface area contributed by atoms with Crippen molar-refractivity contribution in [3.8, 4) is 0 Å². The monoisotopic (exact) mass is 263 g/mol. The lowest BCUT2D eigenvalue weighted by atomic mass is 10.1. The molecule has 1 aliphatic heterocycles. The van der Waals surface area contributed by atoms with Crippen molar-refractivity contribution in [1.82, 2.24) is 15.3 Å². The summed E-state index contributed by atoms with van der Waals surface area (Å²) in [4.78, 5) is 8.50. The largest absolute Gasteiger partial charge is 0.370 e. The van der Waals surface area contributed by atoms with Crippen LogP contribution in [0, 0.1) is 5.92 Å². The second-order valence-electron chi connectivity index (χ2n) is 5.32. The summed E-state index contributed by atoms with van der Waals surface area (Å²) in [7, 11) is 0. The van der Waals surface area contributed by atoms with Gasteiger partial charge >= 0.3 is 0 Å². The highest BCUT2D eigenvalue weighted by Gasteiger charge is 2.13. The molecule has 0 aromatic carbocycles. The number of nitrogens with zero attached hydrogens (tertiary/aromatic N) is 2. The first-order chi connectivity index (χ1) is 9.28. The fraction of sp³-hybridized carbons (Fsp3) is 0.714. The zero-order chi connectivity index (χ0) is 13.5. The highest BCUT2D eigenvalue weighted by atomic mass is 15.1. The summed E-state index contributed by atoms with van der Waals surface area (Å²) in [5.41, 5.74) is 0. The van der Waals surface area contributed by atoms with E-state index in [-0.39, 0.29) is 0 Å². The molecule has 1 aliphatic rings. The van der Waals surface area contributed by atoms with Crippen molar-refractivity contribution in [2.24, 2.45) is 5.92 Å². The molecule has 5 heteroatoms. The first-order valence-corrected chi connectivity index (χ1v) is 7.31. The fourth-order valence-corrected chi connectivity index (χ4v) is 2.25. The minimum atomic E-state index is 0.437. The zero-order valence-corrected chi connectivity index (χ0v) is 11.9. The third-order valence-corrected chi connectivity index (χ3v) is 3.69. The van der Waals surface area contributed by atoms with Gasteiger partial charge in [0.05, 0.1) is 0 Å². The number of anilines is 2. The molecule has 19 heavy (non-hydrogen) atoms. The van der Waals surface area contributed by atoms with Gasteiger partial charge in [0.25, 0.3) is 0 Å². The van der Waals surface area contributed by atoms with Crippen LogP contribution in [0.15, 0.2) is 12.4 Å². The van der Waals surface area contributed by atoms with E-state index in [1.807, 2.05) is 6.07 Å². The van der Waals surface area contributed by atoms with Gasteiger partial charge in [0, 0.05) is 18.7 Å². The summed E-state index contributed by atoms with van der Waals surface area (Å²) < 4.78 is 0. The average molecular weight is 263 g/mol. The van der Waals surface area contributed by atoms with Crippen molar-refractivity contribution >= 4 is 11.6 Å². The van der Waals surface area contributed by atoms with Gasteiger partial charge in [-0.15, -0.1) is 0 Å². The van der Waals surface area contributed by atoms with Gasteiger partial charge < -0.3 is 16.0 Å². The van der Waals surface area contributed by atoms with Gasteiger partial charge in [0.1, 0.15) is 18.0 Å². The van der Waals surface area contributed by atoms with E-state index in [0.29, 0.717) is 6.04 Å². The quantitative estimate of drug-likeness (QED) is 0.703. The summed E-state index contributed by atoms with van der Waals surface area (Å²) >= 11 is 0. The van der Waals surface area contributed by atoms with E-state index in [9.17, 15) is 0 Å². The van der Waals surface area contributed by atoms with Crippen molar-refractivity contribution in [3.05, 3.63) is 12.4 Å². The van der Waals surface area contributed by atoms with E-state index >= 15 is 0 Å². The van der Waals surface area contributed by atoms with E-state index in [4.69, 9.17) is 0 Å². The molecule has 0 amide bonds. The molecular formula is C14H25N5. The highest BCUT2D eigenvalue weighted by Crippen LogP contribution is 2.14. The molecule has 0 saturated carbocycles. The van der Waals surface area contributed by atoms with Crippen LogP contribution in [-0.4, -0.2) is 35.6 Å². The lowest BCUT2D eigenvalue weighted by molar-refractivity contribution is 0.549. The highest BCUT2D eigenvalue weighted by molar-refractivity contribution is 5.46. The SMILES string of the molecule is CCC(C)Nc1cc(NCCC2CCNC2)ncn1. The molecule has 0 bridgehead atoms. The Bertz CT molecular complexity index is 376. The molecule has 0 aliphatic carbocycles. The van der Waals surface area contributed by atoms with Crippen molar-refractivity contribution in [1.29, 1.82) is 0 Å². The van der Waals surface area contributed by atoms with Gasteiger partial charge in [-0.2, -0.15) is 0 Å². The smallest absolute Gasteiger partial charge is 0.131 e. The normalized spacial score (nSPS) is 20.2. The Morgan fingerprint density at radius 2 is 2.26 bits per heavy atom. The Balaban J connectivity index is 1.77. The molecule has 0 radical (unpaired) electrons. The van der Waals surface area contributed by atoms with Crippen molar-refractivity contribution in [3.63, 3.8) is 0 Å². The van der Waals surface area contributed by atoms with Crippen molar-refractivity contribution in [2.75, 3.05) is 30.3 Å². The molecule has 0 spiro atoms. The number of hydrogen-bond acceptors (Lipinski definition) is 5. The zero-order valence-electron chi connectivity index (χ0n) is 11.9. The number of nitrogens with one attached hydrogen (secondary N) is 3. The molecule has 1 aromatic heterocycles. The number of rotatable bonds is 7. The van der Waals surface area contributed by atoms with Crippen LogP contribution < -0.4 is 16.0 Å². The molecule has 5 nitrogen and oxygen atoms in total. The van der Waals surface area contributed by atoms with Crippen molar-refractivity contribution in [2.45, 2.75) is 39.2 Å². The molecule has 2 rings (SSSR count). The second-order valence-corrected chi connectivity index (χ2v) is 5.32. The Kier molecular flexibility index (Phi) is 5.39. The van der Waals surface area contributed by atoms with Crippen LogP contribution in [0.2, 0.25) is 0 Å². The summed E-state index contributed by atoms with van der Waals surface area (Å²) in [6.45, 7) is 7.62. The molecule has 1 saturated heterocycles. The van der Waals surface area contributed by atoms with E-state index in [2.05, 4.69) is 39.8 Å². The third kappa shape index (κ3) is 4.67. The Labute approximate surface area is 115 Å². The maximum absolute atomic E-state index is 4.26. The lowest BCUT2D eigenvalue weighted by Crippen LogP contribution is -2.15. The third-order valence-electron chi connectivity index (χ3n) is 3.69. The van der Waals surface area contributed by atoms with Gasteiger partial charge in [-0.25, -0.2) is 9.97 Å². The van der Waals surface area contributed by atoms with E-state index < -0.39 is 0 Å². The van der Waals surface area contributed by atoms with Gasteiger partial charge in [-0.1, -0.05) is 6.92 Å². The van der Waals surface area contributed by atoms with E-state index in [1.165, 1.54) is 19.4 Å². The molecule has 2 unspecified atom stereocenters. The molecule has 106 valence electrons. The topological polar surface area (TPSA) is 61.9 Å². The average Bonchev–Trinajstić information content (AvgIpc) is 2.92. The summed E-state index contributed by atoms with van der Waals surface area (Å²) in [6, 6.07) is 2.42. The van der Waals surface area contributed by atoms with E-state index in [1.54, 1.807) is 6.33 Å². The van der Waals surface area contributed by atoms with Crippen LogP contribution in [0.3, 0.4) is 0 Å². The Morgan fingerprint density at radius 1 is 1.42 bits per heavy atom. The number of hydrogen-bond donors (Lipinski definition) is 3. The predicted molar refractivity (Wildman–Crippen MR) is 79.5 cm³/mol. The first kappa shape index (κ1) is 14.1. The summed E-state index contributed by atoms with van der Waals surface area (Å²) in [5.74, 6) is 2.62. The van der Waals surface area contributed by atoms with Crippen molar-refractivity contribution < 1.29 is 0 Å². The molecule has 1 fully saturated rings. The minimum absolute atomic E-state index is 0.437.